The Kier molecular flexibility index (Phi) is 5.72. The maximum Gasteiger partial charge on any atom is 0.268 e. The quantitative estimate of drug-likeness (QED) is 0.443. The third kappa shape index (κ3) is 4.38. The molecule has 1 amide bonds. The Balaban J connectivity index is 1.60. The van der Waals surface area contributed by atoms with Crippen molar-refractivity contribution in [2.45, 2.75) is 13.1 Å². The van der Waals surface area contributed by atoms with Crippen LogP contribution in [0.5, 0.6) is 5.75 Å². The minimum absolute atomic E-state index is 0.0230. The fourth-order valence-electron chi connectivity index (χ4n) is 3.13. The first-order valence-electron chi connectivity index (χ1n) is 9.28. The van der Waals surface area contributed by atoms with Gasteiger partial charge in [-0.25, -0.2) is 4.98 Å². The average Bonchev–Trinajstić information content (AvgIpc) is 3.45. The molecule has 0 atom stereocenters. The third-order valence-electron chi connectivity index (χ3n) is 4.66. The fourth-order valence-corrected chi connectivity index (χ4v) is 3.80. The number of thiophene rings is 1. The van der Waals surface area contributed by atoms with Crippen LogP contribution in [0.3, 0.4) is 0 Å². The molecule has 0 unspecified atom stereocenters. The number of amides is 1. The van der Waals surface area contributed by atoms with Gasteiger partial charge in [0, 0.05) is 24.6 Å². The minimum atomic E-state index is -0.0230. The van der Waals surface area contributed by atoms with Crippen LogP contribution in [0.4, 0.5) is 5.69 Å². The summed E-state index contributed by atoms with van der Waals surface area (Å²) in [6.07, 6.45) is 3.72. The van der Waals surface area contributed by atoms with Gasteiger partial charge in [-0.1, -0.05) is 36.4 Å². The number of nitrogens with zero attached hydrogens (tertiary/aromatic N) is 3. The van der Waals surface area contributed by atoms with E-state index < -0.39 is 0 Å². The van der Waals surface area contributed by atoms with E-state index in [1.165, 1.54) is 11.3 Å². The highest BCUT2D eigenvalue weighted by molar-refractivity contribution is 7.12. The summed E-state index contributed by atoms with van der Waals surface area (Å²) < 4.78 is 7.30. The lowest BCUT2D eigenvalue weighted by Gasteiger charge is -2.22. The van der Waals surface area contributed by atoms with Gasteiger partial charge in [0.2, 0.25) is 0 Å². The zero-order valence-electron chi connectivity index (χ0n) is 16.1. The van der Waals surface area contributed by atoms with Crippen molar-refractivity contribution >= 4 is 22.9 Å². The van der Waals surface area contributed by atoms with Crippen molar-refractivity contribution < 1.29 is 9.53 Å². The molecule has 0 bridgehead atoms. The highest BCUT2D eigenvalue weighted by atomic mass is 32.1. The second-order valence-electron chi connectivity index (χ2n) is 6.52. The molecule has 0 radical (unpaired) electrons. The Morgan fingerprint density at radius 2 is 1.86 bits per heavy atom. The summed E-state index contributed by atoms with van der Waals surface area (Å²) in [6.45, 7) is 1.07. The number of hydrogen-bond acceptors (Lipinski definition) is 4. The van der Waals surface area contributed by atoms with E-state index in [4.69, 9.17) is 4.74 Å². The van der Waals surface area contributed by atoms with E-state index in [9.17, 15) is 4.79 Å². The van der Waals surface area contributed by atoms with Crippen LogP contribution in [-0.2, 0) is 13.1 Å². The molecule has 5 nitrogen and oxygen atoms in total. The molecule has 0 spiro atoms. The smallest absolute Gasteiger partial charge is 0.268 e. The molecule has 0 aliphatic rings. The summed E-state index contributed by atoms with van der Waals surface area (Å²) in [5.74, 6) is 1.64. The summed E-state index contributed by atoms with van der Waals surface area (Å²) >= 11 is 1.45. The van der Waals surface area contributed by atoms with Gasteiger partial charge in [0.1, 0.15) is 11.6 Å². The first kappa shape index (κ1) is 19.0. The van der Waals surface area contributed by atoms with E-state index in [-0.39, 0.29) is 5.91 Å². The van der Waals surface area contributed by atoms with Gasteiger partial charge in [0.15, 0.2) is 0 Å². The van der Waals surface area contributed by atoms with E-state index in [0.717, 1.165) is 22.8 Å². The van der Waals surface area contributed by atoms with Gasteiger partial charge in [-0.3, -0.25) is 4.79 Å². The maximum absolute atomic E-state index is 13.2. The second kappa shape index (κ2) is 8.75. The molecule has 4 aromatic rings. The summed E-state index contributed by atoms with van der Waals surface area (Å²) in [5.41, 5.74) is 1.99. The van der Waals surface area contributed by atoms with E-state index >= 15 is 0 Å². The van der Waals surface area contributed by atoms with Crippen LogP contribution in [0.2, 0.25) is 0 Å². The molecule has 0 fully saturated rings. The van der Waals surface area contributed by atoms with E-state index in [1.54, 1.807) is 18.2 Å². The van der Waals surface area contributed by atoms with Crippen molar-refractivity contribution in [1.82, 2.24) is 9.55 Å². The topological polar surface area (TPSA) is 47.4 Å². The summed E-state index contributed by atoms with van der Waals surface area (Å²) in [5, 5.41) is 1.92. The normalized spacial score (nSPS) is 10.7. The standard InChI is InChI=1S/C23H21N3O2S/c1-28-20-11-9-18(10-12-20)16-25-14-13-24-22(25)17-26(19-6-3-2-4-7-19)23(27)21-8-5-15-29-21/h2-15H,16-17H2,1H3. The van der Waals surface area contributed by atoms with Gasteiger partial charge in [-0.2, -0.15) is 0 Å². The van der Waals surface area contributed by atoms with E-state index in [0.29, 0.717) is 18.0 Å². The Bertz CT molecular complexity index is 1060. The SMILES string of the molecule is COc1ccc(Cn2ccnc2CN(C(=O)c2cccs2)c2ccccc2)cc1. The number of methoxy groups -OCH3 is 1. The number of hydrogen-bond donors (Lipinski definition) is 0. The number of carbonyl (C=O) groups excluding carboxylic acids is 1. The predicted octanol–water partition coefficient (Wildman–Crippen LogP) is 4.85. The van der Waals surface area contributed by atoms with Crippen molar-refractivity contribution in [2.75, 3.05) is 12.0 Å². The number of rotatable bonds is 7. The van der Waals surface area contributed by atoms with Crippen LogP contribution < -0.4 is 9.64 Å². The van der Waals surface area contributed by atoms with Crippen molar-refractivity contribution in [2.24, 2.45) is 0 Å². The van der Waals surface area contributed by atoms with Gasteiger partial charge >= 0.3 is 0 Å². The maximum atomic E-state index is 13.2. The van der Waals surface area contributed by atoms with Crippen LogP contribution in [0.15, 0.2) is 84.5 Å². The van der Waals surface area contributed by atoms with Crippen LogP contribution in [0, 0.1) is 0 Å². The number of ether oxygens (including phenoxy) is 1. The van der Waals surface area contributed by atoms with Crippen molar-refractivity contribution in [3.05, 3.63) is 101 Å². The largest absolute Gasteiger partial charge is 0.497 e. The lowest BCUT2D eigenvalue weighted by atomic mass is 10.2. The lowest BCUT2D eigenvalue weighted by Crippen LogP contribution is -2.31. The zero-order chi connectivity index (χ0) is 20.1. The highest BCUT2D eigenvalue weighted by Crippen LogP contribution is 2.22. The lowest BCUT2D eigenvalue weighted by molar-refractivity contribution is 0.0988. The van der Waals surface area contributed by atoms with E-state index in [1.807, 2.05) is 78.3 Å². The van der Waals surface area contributed by atoms with Crippen molar-refractivity contribution in [1.29, 1.82) is 0 Å². The zero-order valence-corrected chi connectivity index (χ0v) is 16.9. The molecule has 29 heavy (non-hydrogen) atoms. The van der Waals surface area contributed by atoms with Crippen LogP contribution >= 0.6 is 11.3 Å². The van der Waals surface area contributed by atoms with E-state index in [2.05, 4.69) is 9.55 Å². The Morgan fingerprint density at radius 3 is 2.55 bits per heavy atom. The Morgan fingerprint density at radius 1 is 1.07 bits per heavy atom. The molecule has 2 heterocycles. The third-order valence-corrected chi connectivity index (χ3v) is 5.52. The molecule has 6 heteroatoms. The average molecular weight is 404 g/mol. The number of imidazole rings is 1. The summed E-state index contributed by atoms with van der Waals surface area (Å²) in [6, 6.07) is 21.4. The van der Waals surface area contributed by atoms with Gasteiger partial charge in [-0.15, -0.1) is 11.3 Å². The molecule has 0 saturated carbocycles. The van der Waals surface area contributed by atoms with Gasteiger partial charge in [0.25, 0.3) is 5.91 Å². The Hall–Kier alpha value is -3.38. The molecular weight excluding hydrogens is 382 g/mol. The Labute approximate surface area is 173 Å². The van der Waals surface area contributed by atoms with Crippen LogP contribution in [0.1, 0.15) is 21.1 Å². The first-order chi connectivity index (χ1) is 14.2. The molecule has 146 valence electrons. The summed E-state index contributed by atoms with van der Waals surface area (Å²) in [7, 11) is 1.66. The highest BCUT2D eigenvalue weighted by Gasteiger charge is 2.21. The number of benzene rings is 2. The molecule has 2 aromatic carbocycles. The van der Waals surface area contributed by atoms with Crippen LogP contribution in [-0.4, -0.2) is 22.6 Å². The van der Waals surface area contributed by atoms with Gasteiger partial charge in [-0.05, 0) is 41.3 Å². The van der Waals surface area contributed by atoms with Gasteiger partial charge in [0.05, 0.1) is 18.5 Å². The number of para-hydroxylation sites is 1. The predicted molar refractivity (Wildman–Crippen MR) is 116 cm³/mol. The molecule has 2 aromatic heterocycles. The van der Waals surface area contributed by atoms with Gasteiger partial charge < -0.3 is 14.2 Å². The molecule has 4 rings (SSSR count). The number of carbonyl (C=O) groups is 1. The minimum Gasteiger partial charge on any atom is -0.497 e. The molecule has 0 N–H and O–H groups in total. The molecular formula is C23H21N3O2S. The monoisotopic (exact) mass is 403 g/mol. The number of anilines is 1. The molecule has 0 saturated heterocycles. The fraction of sp³-hybridized carbons (Fsp3) is 0.130. The second-order valence-corrected chi connectivity index (χ2v) is 7.47. The van der Waals surface area contributed by atoms with Crippen molar-refractivity contribution in [3.63, 3.8) is 0 Å². The molecule has 0 aliphatic heterocycles. The summed E-state index contributed by atoms with van der Waals surface area (Å²) in [4.78, 5) is 20.2. The number of aromatic nitrogens is 2. The first-order valence-corrected chi connectivity index (χ1v) is 10.2. The van der Waals surface area contributed by atoms with Crippen molar-refractivity contribution in [3.8, 4) is 5.75 Å². The molecule has 0 aliphatic carbocycles. The van der Waals surface area contributed by atoms with Crippen LogP contribution in [0.25, 0.3) is 0 Å².